The molecule has 1 fully saturated rings. The summed E-state index contributed by atoms with van der Waals surface area (Å²) in [6, 6.07) is 16.4. The van der Waals surface area contributed by atoms with Gasteiger partial charge in [-0.15, -0.1) is 0 Å². The number of nitrogens with zero attached hydrogens (tertiary/aromatic N) is 2. The SMILES string of the molecule is COc1cccc(NC(=S)N(C)Cc2ccccc2N2CCCC2)c1. The summed E-state index contributed by atoms with van der Waals surface area (Å²) in [5.41, 5.74) is 3.57. The molecule has 0 spiro atoms. The van der Waals surface area contributed by atoms with Crippen molar-refractivity contribution in [3.05, 3.63) is 54.1 Å². The van der Waals surface area contributed by atoms with Gasteiger partial charge in [0.25, 0.3) is 0 Å². The predicted octanol–water partition coefficient (Wildman–Crippen LogP) is 4.12. The zero-order valence-electron chi connectivity index (χ0n) is 14.9. The highest BCUT2D eigenvalue weighted by atomic mass is 32.1. The molecule has 0 saturated carbocycles. The van der Waals surface area contributed by atoms with Crippen LogP contribution >= 0.6 is 12.2 Å². The molecule has 0 aliphatic carbocycles. The van der Waals surface area contributed by atoms with Gasteiger partial charge in [-0.25, -0.2) is 0 Å². The van der Waals surface area contributed by atoms with E-state index in [1.807, 2.05) is 31.3 Å². The summed E-state index contributed by atoms with van der Waals surface area (Å²) in [7, 11) is 3.69. The molecule has 0 amide bonds. The van der Waals surface area contributed by atoms with Crippen LogP contribution < -0.4 is 15.0 Å². The summed E-state index contributed by atoms with van der Waals surface area (Å²) >= 11 is 5.58. The third kappa shape index (κ3) is 4.42. The van der Waals surface area contributed by atoms with E-state index in [4.69, 9.17) is 17.0 Å². The Balaban J connectivity index is 1.67. The summed E-state index contributed by atoms with van der Waals surface area (Å²) in [4.78, 5) is 4.55. The fourth-order valence-corrected chi connectivity index (χ4v) is 3.34. The maximum atomic E-state index is 5.58. The number of thiocarbonyl (C=S) groups is 1. The third-order valence-corrected chi connectivity index (χ3v) is 4.93. The Hall–Kier alpha value is -2.27. The second-order valence-electron chi connectivity index (χ2n) is 6.34. The maximum Gasteiger partial charge on any atom is 0.173 e. The van der Waals surface area contributed by atoms with Crippen molar-refractivity contribution in [1.82, 2.24) is 4.90 Å². The first-order valence-corrected chi connectivity index (χ1v) is 9.07. The van der Waals surface area contributed by atoms with Crippen LogP contribution in [0.1, 0.15) is 18.4 Å². The minimum Gasteiger partial charge on any atom is -0.497 e. The van der Waals surface area contributed by atoms with Crippen molar-refractivity contribution in [3.8, 4) is 5.75 Å². The molecular weight excluding hydrogens is 330 g/mol. The smallest absolute Gasteiger partial charge is 0.173 e. The topological polar surface area (TPSA) is 27.7 Å². The Kier molecular flexibility index (Phi) is 5.76. The molecule has 0 bridgehead atoms. The van der Waals surface area contributed by atoms with Crippen LogP contribution in [0.25, 0.3) is 0 Å². The van der Waals surface area contributed by atoms with Gasteiger partial charge in [0, 0.05) is 44.1 Å². The van der Waals surface area contributed by atoms with E-state index in [1.165, 1.54) is 24.1 Å². The van der Waals surface area contributed by atoms with E-state index in [0.717, 1.165) is 31.1 Å². The average molecular weight is 356 g/mol. The third-order valence-electron chi connectivity index (χ3n) is 4.51. The van der Waals surface area contributed by atoms with Gasteiger partial charge in [-0.05, 0) is 48.8 Å². The quantitative estimate of drug-likeness (QED) is 0.815. The fourth-order valence-electron chi connectivity index (χ4n) is 3.16. The van der Waals surface area contributed by atoms with E-state index < -0.39 is 0 Å². The largest absolute Gasteiger partial charge is 0.497 e. The number of hydrogen-bond acceptors (Lipinski definition) is 3. The summed E-state index contributed by atoms with van der Waals surface area (Å²) < 4.78 is 5.26. The summed E-state index contributed by atoms with van der Waals surface area (Å²) in [6.45, 7) is 3.07. The van der Waals surface area contributed by atoms with Crippen molar-refractivity contribution in [2.24, 2.45) is 0 Å². The second-order valence-corrected chi connectivity index (χ2v) is 6.73. The molecule has 2 aromatic rings. The van der Waals surface area contributed by atoms with Crippen molar-refractivity contribution in [2.45, 2.75) is 19.4 Å². The first-order chi connectivity index (χ1) is 12.2. The molecule has 1 aliphatic heterocycles. The predicted molar refractivity (Wildman–Crippen MR) is 109 cm³/mol. The van der Waals surface area contributed by atoms with Crippen molar-refractivity contribution in [2.75, 3.05) is 37.5 Å². The van der Waals surface area contributed by atoms with Crippen LogP contribution in [0.4, 0.5) is 11.4 Å². The number of methoxy groups -OCH3 is 1. The zero-order chi connectivity index (χ0) is 17.6. The standard InChI is InChI=1S/C20H25N3OS/c1-22(20(25)21-17-9-7-10-18(14-17)24-2)15-16-8-3-4-11-19(16)23-12-5-6-13-23/h3-4,7-11,14H,5-6,12-13,15H2,1-2H3,(H,21,25). The molecule has 1 saturated heterocycles. The van der Waals surface area contributed by atoms with Gasteiger partial charge in [-0.2, -0.15) is 0 Å². The van der Waals surface area contributed by atoms with Gasteiger partial charge in [0.15, 0.2) is 5.11 Å². The number of para-hydroxylation sites is 1. The minimum atomic E-state index is 0.699. The fraction of sp³-hybridized carbons (Fsp3) is 0.350. The van der Waals surface area contributed by atoms with Crippen LogP contribution in [0.15, 0.2) is 48.5 Å². The molecule has 1 aliphatic rings. The highest BCUT2D eigenvalue weighted by molar-refractivity contribution is 7.80. The number of anilines is 2. The molecule has 0 radical (unpaired) electrons. The number of benzene rings is 2. The van der Waals surface area contributed by atoms with Crippen LogP contribution in [0.2, 0.25) is 0 Å². The van der Waals surface area contributed by atoms with E-state index in [1.54, 1.807) is 7.11 Å². The van der Waals surface area contributed by atoms with Gasteiger partial charge in [0.1, 0.15) is 5.75 Å². The highest BCUT2D eigenvalue weighted by Crippen LogP contribution is 2.25. The molecule has 1 N–H and O–H groups in total. The Bertz CT molecular complexity index is 728. The first kappa shape index (κ1) is 17.5. The second kappa shape index (κ2) is 8.21. The molecule has 0 unspecified atom stereocenters. The molecule has 4 nitrogen and oxygen atoms in total. The van der Waals surface area contributed by atoms with E-state index in [2.05, 4.69) is 39.4 Å². The van der Waals surface area contributed by atoms with Gasteiger partial charge in [0.05, 0.1) is 7.11 Å². The summed E-state index contributed by atoms with van der Waals surface area (Å²) in [5, 5.41) is 3.99. The molecule has 0 aromatic heterocycles. The maximum absolute atomic E-state index is 5.58. The molecule has 25 heavy (non-hydrogen) atoms. The molecule has 2 aromatic carbocycles. The lowest BCUT2D eigenvalue weighted by molar-refractivity contribution is 0.415. The van der Waals surface area contributed by atoms with Gasteiger partial charge in [-0.1, -0.05) is 24.3 Å². The minimum absolute atomic E-state index is 0.699. The van der Waals surface area contributed by atoms with Gasteiger partial charge >= 0.3 is 0 Å². The van der Waals surface area contributed by atoms with Crippen LogP contribution in [0.3, 0.4) is 0 Å². The molecule has 5 heteroatoms. The Labute approximate surface area is 155 Å². The lowest BCUT2D eigenvalue weighted by atomic mass is 10.1. The lowest BCUT2D eigenvalue weighted by Gasteiger charge is -2.26. The number of hydrogen-bond donors (Lipinski definition) is 1. The Morgan fingerprint density at radius 3 is 2.68 bits per heavy atom. The highest BCUT2D eigenvalue weighted by Gasteiger charge is 2.16. The molecular formula is C20H25N3OS. The monoisotopic (exact) mass is 355 g/mol. The van der Waals surface area contributed by atoms with Gasteiger partial charge in [0.2, 0.25) is 0 Å². The Morgan fingerprint density at radius 1 is 1.16 bits per heavy atom. The normalized spacial score (nSPS) is 13.6. The van der Waals surface area contributed by atoms with Crippen LogP contribution in [0, 0.1) is 0 Å². The summed E-state index contributed by atoms with van der Waals surface area (Å²) in [6.07, 6.45) is 2.56. The van der Waals surface area contributed by atoms with Crippen LogP contribution in [-0.4, -0.2) is 37.3 Å². The van der Waals surface area contributed by atoms with E-state index in [0.29, 0.717) is 5.11 Å². The Morgan fingerprint density at radius 2 is 1.92 bits per heavy atom. The van der Waals surface area contributed by atoms with Crippen molar-refractivity contribution in [1.29, 1.82) is 0 Å². The van der Waals surface area contributed by atoms with Crippen molar-refractivity contribution >= 4 is 28.7 Å². The molecule has 3 rings (SSSR count). The zero-order valence-corrected chi connectivity index (χ0v) is 15.7. The average Bonchev–Trinajstić information content (AvgIpc) is 3.16. The first-order valence-electron chi connectivity index (χ1n) is 8.66. The van der Waals surface area contributed by atoms with Crippen molar-refractivity contribution < 1.29 is 4.74 Å². The molecule has 132 valence electrons. The number of ether oxygens (including phenoxy) is 1. The van der Waals surface area contributed by atoms with Crippen LogP contribution in [-0.2, 0) is 6.54 Å². The van der Waals surface area contributed by atoms with E-state index in [9.17, 15) is 0 Å². The van der Waals surface area contributed by atoms with Crippen LogP contribution in [0.5, 0.6) is 5.75 Å². The lowest BCUT2D eigenvalue weighted by Crippen LogP contribution is -2.31. The molecule has 1 heterocycles. The van der Waals surface area contributed by atoms with Crippen molar-refractivity contribution in [3.63, 3.8) is 0 Å². The van der Waals surface area contributed by atoms with Gasteiger partial charge < -0.3 is 19.9 Å². The number of rotatable bonds is 5. The summed E-state index contributed by atoms with van der Waals surface area (Å²) in [5.74, 6) is 0.815. The van der Waals surface area contributed by atoms with E-state index >= 15 is 0 Å². The van der Waals surface area contributed by atoms with E-state index in [-0.39, 0.29) is 0 Å². The number of nitrogens with one attached hydrogen (secondary N) is 1. The molecule has 0 atom stereocenters. The van der Waals surface area contributed by atoms with Gasteiger partial charge in [-0.3, -0.25) is 0 Å².